The van der Waals surface area contributed by atoms with E-state index in [2.05, 4.69) is 10.3 Å². The van der Waals surface area contributed by atoms with Crippen LogP contribution in [0.3, 0.4) is 0 Å². The van der Waals surface area contributed by atoms with Crippen LogP contribution in [0.15, 0.2) is 54.7 Å². The molecule has 3 nitrogen and oxygen atoms in total. The standard InChI is InChI=1S/C18H12F4N2OS/c19-12-7-5-11(6-8-12)9-13-10-23-17(26-13)24-16(25)14-3-1-2-4-15(14)18(20,21)22/h1-8,10H,9H2,(H,23,24,25). The molecule has 0 unspecified atom stereocenters. The number of anilines is 1. The van der Waals surface area contributed by atoms with Gasteiger partial charge in [-0.05, 0) is 29.8 Å². The summed E-state index contributed by atoms with van der Waals surface area (Å²) in [5, 5.41) is 2.59. The quantitative estimate of drug-likeness (QED) is 0.637. The molecule has 0 fully saturated rings. The summed E-state index contributed by atoms with van der Waals surface area (Å²) in [7, 11) is 0. The summed E-state index contributed by atoms with van der Waals surface area (Å²) in [6, 6.07) is 10.5. The van der Waals surface area contributed by atoms with E-state index in [9.17, 15) is 22.4 Å². The number of nitrogens with one attached hydrogen (secondary N) is 1. The monoisotopic (exact) mass is 380 g/mol. The van der Waals surface area contributed by atoms with Gasteiger partial charge in [0, 0.05) is 17.5 Å². The summed E-state index contributed by atoms with van der Waals surface area (Å²) in [6.45, 7) is 0. The molecule has 3 aromatic rings. The lowest BCUT2D eigenvalue weighted by Gasteiger charge is -2.11. The highest BCUT2D eigenvalue weighted by atomic mass is 32.1. The zero-order chi connectivity index (χ0) is 18.7. The molecule has 0 aliphatic rings. The van der Waals surface area contributed by atoms with Crippen LogP contribution < -0.4 is 5.32 Å². The Morgan fingerprint density at radius 3 is 2.46 bits per heavy atom. The topological polar surface area (TPSA) is 42.0 Å². The number of benzene rings is 2. The highest BCUT2D eigenvalue weighted by molar-refractivity contribution is 7.15. The van der Waals surface area contributed by atoms with Crippen LogP contribution in [0, 0.1) is 5.82 Å². The summed E-state index contributed by atoms with van der Waals surface area (Å²) < 4.78 is 51.9. The smallest absolute Gasteiger partial charge is 0.298 e. The van der Waals surface area contributed by atoms with E-state index < -0.39 is 23.2 Å². The Kier molecular flexibility index (Phi) is 5.03. The molecular weight excluding hydrogens is 368 g/mol. The zero-order valence-corrected chi connectivity index (χ0v) is 14.0. The lowest BCUT2D eigenvalue weighted by Crippen LogP contribution is -2.18. The summed E-state index contributed by atoms with van der Waals surface area (Å²) in [5.41, 5.74) is -0.605. The third-order valence-electron chi connectivity index (χ3n) is 3.54. The number of thiazole rings is 1. The molecule has 0 bridgehead atoms. The van der Waals surface area contributed by atoms with Crippen LogP contribution in [-0.2, 0) is 12.6 Å². The number of rotatable bonds is 4. The number of hydrogen-bond acceptors (Lipinski definition) is 3. The van der Waals surface area contributed by atoms with E-state index in [1.54, 1.807) is 12.1 Å². The van der Waals surface area contributed by atoms with Gasteiger partial charge in [0.05, 0.1) is 11.1 Å². The fraction of sp³-hybridized carbons (Fsp3) is 0.111. The Balaban J connectivity index is 1.73. The first-order chi connectivity index (χ1) is 12.3. The van der Waals surface area contributed by atoms with Crippen molar-refractivity contribution >= 4 is 22.4 Å². The van der Waals surface area contributed by atoms with E-state index in [1.165, 1.54) is 30.5 Å². The van der Waals surface area contributed by atoms with E-state index in [4.69, 9.17) is 0 Å². The lowest BCUT2D eigenvalue weighted by atomic mass is 10.1. The molecule has 1 aromatic heterocycles. The predicted octanol–water partition coefficient (Wildman–Crippen LogP) is 5.14. The number of nitrogens with zero attached hydrogens (tertiary/aromatic N) is 1. The summed E-state index contributed by atoms with van der Waals surface area (Å²) >= 11 is 1.15. The van der Waals surface area contributed by atoms with Crippen molar-refractivity contribution in [3.63, 3.8) is 0 Å². The van der Waals surface area contributed by atoms with Gasteiger partial charge in [-0.15, -0.1) is 11.3 Å². The lowest BCUT2D eigenvalue weighted by molar-refractivity contribution is -0.137. The van der Waals surface area contributed by atoms with Gasteiger partial charge < -0.3 is 0 Å². The maximum absolute atomic E-state index is 13.0. The highest BCUT2D eigenvalue weighted by Gasteiger charge is 2.34. The third kappa shape index (κ3) is 4.26. The first-order valence-electron chi connectivity index (χ1n) is 7.49. The summed E-state index contributed by atoms with van der Waals surface area (Å²) in [4.78, 5) is 17.0. The summed E-state index contributed by atoms with van der Waals surface area (Å²) in [5.74, 6) is -1.21. The van der Waals surface area contributed by atoms with Crippen LogP contribution in [-0.4, -0.2) is 10.9 Å². The van der Waals surface area contributed by atoms with Crippen molar-refractivity contribution in [2.24, 2.45) is 0 Å². The maximum atomic E-state index is 13.0. The van der Waals surface area contributed by atoms with Gasteiger partial charge in [-0.25, -0.2) is 9.37 Å². The van der Waals surface area contributed by atoms with Crippen LogP contribution in [0.2, 0.25) is 0 Å². The summed E-state index contributed by atoms with van der Waals surface area (Å²) in [6.07, 6.45) is -2.61. The Morgan fingerprint density at radius 2 is 1.77 bits per heavy atom. The Hall–Kier alpha value is -2.74. The Labute approximate surface area is 150 Å². The van der Waals surface area contributed by atoms with Crippen molar-refractivity contribution in [1.82, 2.24) is 4.98 Å². The molecular formula is C18H12F4N2OS. The van der Waals surface area contributed by atoms with Crippen LogP contribution in [0.1, 0.15) is 26.4 Å². The Bertz CT molecular complexity index is 919. The predicted molar refractivity (Wildman–Crippen MR) is 90.7 cm³/mol. The van der Waals surface area contributed by atoms with Crippen LogP contribution in [0.25, 0.3) is 0 Å². The second-order valence-corrected chi connectivity index (χ2v) is 6.55. The van der Waals surface area contributed by atoms with Crippen molar-refractivity contribution in [2.75, 3.05) is 5.32 Å². The van der Waals surface area contributed by atoms with Gasteiger partial charge in [-0.3, -0.25) is 10.1 Å². The van der Waals surface area contributed by atoms with Gasteiger partial charge in [0.1, 0.15) is 5.82 Å². The highest BCUT2D eigenvalue weighted by Crippen LogP contribution is 2.32. The van der Waals surface area contributed by atoms with Crippen LogP contribution in [0.5, 0.6) is 0 Å². The molecule has 1 N–H and O–H groups in total. The SMILES string of the molecule is O=C(Nc1ncc(Cc2ccc(F)cc2)s1)c1ccccc1C(F)(F)F. The van der Waals surface area contributed by atoms with E-state index >= 15 is 0 Å². The number of aromatic nitrogens is 1. The minimum Gasteiger partial charge on any atom is -0.298 e. The molecule has 0 radical (unpaired) electrons. The molecule has 2 aromatic carbocycles. The molecule has 26 heavy (non-hydrogen) atoms. The number of carbonyl (C=O) groups excluding carboxylic acids is 1. The first kappa shape index (κ1) is 18.1. The van der Waals surface area contributed by atoms with Crippen molar-refractivity contribution < 1.29 is 22.4 Å². The van der Waals surface area contributed by atoms with Crippen molar-refractivity contribution in [3.05, 3.63) is 82.1 Å². The van der Waals surface area contributed by atoms with Crippen LogP contribution >= 0.6 is 11.3 Å². The van der Waals surface area contributed by atoms with Crippen molar-refractivity contribution in [1.29, 1.82) is 0 Å². The molecule has 0 atom stereocenters. The van der Waals surface area contributed by atoms with Crippen molar-refractivity contribution in [3.8, 4) is 0 Å². The number of amides is 1. The van der Waals surface area contributed by atoms with E-state index in [-0.39, 0.29) is 10.9 Å². The van der Waals surface area contributed by atoms with Gasteiger partial charge in [0.15, 0.2) is 5.13 Å². The molecule has 0 spiro atoms. The Morgan fingerprint density at radius 1 is 1.08 bits per heavy atom. The first-order valence-corrected chi connectivity index (χ1v) is 8.31. The molecule has 134 valence electrons. The van der Waals surface area contributed by atoms with Gasteiger partial charge in [-0.2, -0.15) is 13.2 Å². The minimum absolute atomic E-state index is 0.198. The van der Waals surface area contributed by atoms with Gasteiger partial charge >= 0.3 is 6.18 Å². The molecule has 3 rings (SSSR count). The molecule has 1 heterocycles. The molecule has 0 saturated carbocycles. The molecule has 0 aliphatic heterocycles. The van der Waals surface area contributed by atoms with E-state index in [0.717, 1.165) is 33.9 Å². The number of alkyl halides is 3. The number of carbonyl (C=O) groups is 1. The molecule has 8 heteroatoms. The fourth-order valence-electron chi connectivity index (χ4n) is 2.34. The second kappa shape index (κ2) is 7.25. The van der Waals surface area contributed by atoms with Crippen molar-refractivity contribution in [2.45, 2.75) is 12.6 Å². The van der Waals surface area contributed by atoms with Gasteiger partial charge in [0.25, 0.3) is 5.91 Å². The minimum atomic E-state index is -4.62. The van der Waals surface area contributed by atoms with Gasteiger partial charge in [0.2, 0.25) is 0 Å². The van der Waals surface area contributed by atoms with Crippen LogP contribution in [0.4, 0.5) is 22.7 Å². The number of hydrogen-bond donors (Lipinski definition) is 1. The number of halogens is 4. The third-order valence-corrected chi connectivity index (χ3v) is 4.46. The molecule has 0 aliphatic carbocycles. The average Bonchev–Trinajstić information content (AvgIpc) is 3.03. The second-order valence-electron chi connectivity index (χ2n) is 5.43. The van der Waals surface area contributed by atoms with E-state index in [1.807, 2.05) is 0 Å². The largest absolute Gasteiger partial charge is 0.417 e. The normalized spacial score (nSPS) is 11.4. The molecule has 1 amide bonds. The average molecular weight is 380 g/mol. The van der Waals surface area contributed by atoms with Gasteiger partial charge in [-0.1, -0.05) is 24.3 Å². The van der Waals surface area contributed by atoms with E-state index in [0.29, 0.717) is 6.42 Å². The zero-order valence-electron chi connectivity index (χ0n) is 13.2. The fourth-order valence-corrected chi connectivity index (χ4v) is 3.18. The molecule has 0 saturated heterocycles. The maximum Gasteiger partial charge on any atom is 0.417 e.